The molecule has 1 aliphatic heterocycles. The summed E-state index contributed by atoms with van der Waals surface area (Å²) in [5.74, 6) is -0.0201. The Morgan fingerprint density at radius 2 is 2.41 bits per heavy atom. The molecule has 1 aliphatic rings. The van der Waals surface area contributed by atoms with Gasteiger partial charge in [-0.05, 0) is 37.6 Å². The van der Waals surface area contributed by atoms with Gasteiger partial charge in [-0.15, -0.1) is 0 Å². The summed E-state index contributed by atoms with van der Waals surface area (Å²) in [7, 11) is 0. The molecule has 1 unspecified atom stereocenters. The minimum absolute atomic E-state index is 0.0159. The van der Waals surface area contributed by atoms with Crippen molar-refractivity contribution in [3.8, 4) is 5.75 Å². The minimum atomic E-state index is -0.0360. The van der Waals surface area contributed by atoms with Crippen molar-refractivity contribution in [1.82, 2.24) is 5.32 Å². The molecule has 1 amide bonds. The molecule has 1 atom stereocenters. The highest BCUT2D eigenvalue weighted by Gasteiger charge is 2.17. The van der Waals surface area contributed by atoms with E-state index in [1.54, 1.807) is 6.07 Å². The van der Waals surface area contributed by atoms with Gasteiger partial charge in [-0.1, -0.05) is 11.6 Å². The van der Waals surface area contributed by atoms with Gasteiger partial charge in [-0.2, -0.15) is 0 Å². The van der Waals surface area contributed by atoms with Crippen LogP contribution in [0, 0.1) is 0 Å². The summed E-state index contributed by atoms with van der Waals surface area (Å²) in [4.78, 5) is 11.7. The highest BCUT2D eigenvalue weighted by atomic mass is 35.5. The Labute approximate surface area is 105 Å². The number of benzene rings is 1. The molecule has 0 spiro atoms. The molecule has 0 aliphatic carbocycles. The van der Waals surface area contributed by atoms with Gasteiger partial charge in [-0.3, -0.25) is 4.79 Å². The Hall–Kier alpha value is -1.26. The lowest BCUT2D eigenvalue weighted by atomic mass is 10.1. The first kappa shape index (κ1) is 12.2. The van der Waals surface area contributed by atoms with Crippen molar-refractivity contribution in [3.05, 3.63) is 23.2 Å². The van der Waals surface area contributed by atoms with E-state index in [-0.39, 0.29) is 22.7 Å². The van der Waals surface area contributed by atoms with Crippen LogP contribution in [0.4, 0.5) is 5.69 Å². The lowest BCUT2D eigenvalue weighted by Gasteiger charge is -2.10. The molecule has 2 rings (SSSR count). The average molecular weight is 255 g/mol. The highest BCUT2D eigenvalue weighted by molar-refractivity contribution is 6.32. The molecule has 1 fully saturated rings. The molecular weight excluding hydrogens is 240 g/mol. The second-order valence-corrected chi connectivity index (χ2v) is 4.62. The molecule has 1 aromatic rings. The number of nitrogens with one attached hydrogen (secondary N) is 2. The zero-order chi connectivity index (χ0) is 12.3. The predicted octanol–water partition coefficient (Wildman–Crippen LogP) is 2.13. The summed E-state index contributed by atoms with van der Waals surface area (Å²) in [5, 5.41) is 15.5. The van der Waals surface area contributed by atoms with Crippen molar-refractivity contribution in [2.24, 2.45) is 0 Å². The number of phenols is 1. The molecular formula is C12H15ClN2O2. The number of carbonyl (C=O) groups is 1. The summed E-state index contributed by atoms with van der Waals surface area (Å²) in [5.41, 5.74) is 0.607. The molecule has 0 saturated carbocycles. The van der Waals surface area contributed by atoms with Crippen molar-refractivity contribution in [2.75, 3.05) is 11.9 Å². The summed E-state index contributed by atoms with van der Waals surface area (Å²) < 4.78 is 0. The van der Waals surface area contributed by atoms with E-state index in [1.165, 1.54) is 12.1 Å². The second-order valence-electron chi connectivity index (χ2n) is 4.21. The maximum atomic E-state index is 11.7. The van der Waals surface area contributed by atoms with Crippen LogP contribution in [0.25, 0.3) is 0 Å². The minimum Gasteiger partial charge on any atom is -0.506 e. The van der Waals surface area contributed by atoms with Crippen LogP contribution in [0.15, 0.2) is 18.2 Å². The lowest BCUT2D eigenvalue weighted by Crippen LogP contribution is -2.27. The van der Waals surface area contributed by atoms with Crippen LogP contribution in [-0.2, 0) is 4.79 Å². The molecule has 3 N–H and O–H groups in total. The Kier molecular flexibility index (Phi) is 3.86. The third kappa shape index (κ3) is 3.35. The number of aromatic hydroxyl groups is 1. The predicted molar refractivity (Wildman–Crippen MR) is 67.4 cm³/mol. The van der Waals surface area contributed by atoms with Crippen LogP contribution in [0.1, 0.15) is 19.3 Å². The van der Waals surface area contributed by atoms with E-state index in [2.05, 4.69) is 10.6 Å². The summed E-state index contributed by atoms with van der Waals surface area (Å²) >= 11 is 5.75. The van der Waals surface area contributed by atoms with Crippen LogP contribution in [0.5, 0.6) is 5.75 Å². The first-order chi connectivity index (χ1) is 8.15. The molecule has 4 nitrogen and oxygen atoms in total. The van der Waals surface area contributed by atoms with E-state index in [0.29, 0.717) is 12.1 Å². The van der Waals surface area contributed by atoms with E-state index in [0.717, 1.165) is 19.4 Å². The van der Waals surface area contributed by atoms with Gasteiger partial charge in [0.15, 0.2) is 0 Å². The number of hydrogen-bond donors (Lipinski definition) is 3. The van der Waals surface area contributed by atoms with Crippen molar-refractivity contribution in [1.29, 1.82) is 0 Å². The molecule has 0 aromatic heterocycles. The number of phenolic OH excluding ortho intramolecular Hbond substituents is 1. The summed E-state index contributed by atoms with van der Waals surface area (Å²) in [6.45, 7) is 0.989. The fourth-order valence-corrected chi connectivity index (χ4v) is 2.13. The molecule has 17 heavy (non-hydrogen) atoms. The van der Waals surface area contributed by atoms with E-state index in [1.807, 2.05) is 0 Å². The molecule has 5 heteroatoms. The maximum absolute atomic E-state index is 11.7. The molecule has 1 saturated heterocycles. The monoisotopic (exact) mass is 254 g/mol. The second kappa shape index (κ2) is 5.38. The number of anilines is 1. The first-order valence-electron chi connectivity index (χ1n) is 5.67. The molecule has 0 bridgehead atoms. The van der Waals surface area contributed by atoms with Crippen molar-refractivity contribution in [2.45, 2.75) is 25.3 Å². The lowest BCUT2D eigenvalue weighted by molar-refractivity contribution is -0.116. The van der Waals surface area contributed by atoms with E-state index >= 15 is 0 Å². The van der Waals surface area contributed by atoms with Gasteiger partial charge in [0.1, 0.15) is 5.75 Å². The van der Waals surface area contributed by atoms with Crippen LogP contribution in [-0.4, -0.2) is 23.6 Å². The van der Waals surface area contributed by atoms with E-state index < -0.39 is 0 Å². The third-order valence-corrected chi connectivity index (χ3v) is 3.13. The topological polar surface area (TPSA) is 61.4 Å². The largest absolute Gasteiger partial charge is 0.506 e. The van der Waals surface area contributed by atoms with E-state index in [9.17, 15) is 9.90 Å². The third-order valence-electron chi connectivity index (χ3n) is 2.83. The molecule has 0 radical (unpaired) electrons. The molecule has 1 heterocycles. The van der Waals surface area contributed by atoms with Gasteiger partial charge < -0.3 is 15.7 Å². The Balaban J connectivity index is 1.90. The number of rotatable bonds is 3. The summed E-state index contributed by atoms with van der Waals surface area (Å²) in [6, 6.07) is 4.91. The Bertz CT molecular complexity index is 417. The first-order valence-corrected chi connectivity index (χ1v) is 6.04. The normalized spacial score (nSPS) is 19.2. The number of amides is 1. The van der Waals surface area contributed by atoms with Crippen LogP contribution < -0.4 is 10.6 Å². The van der Waals surface area contributed by atoms with Gasteiger partial charge in [0.2, 0.25) is 5.91 Å². The van der Waals surface area contributed by atoms with Gasteiger partial charge >= 0.3 is 0 Å². The van der Waals surface area contributed by atoms with Crippen molar-refractivity contribution < 1.29 is 9.90 Å². The smallest absolute Gasteiger partial charge is 0.225 e. The van der Waals surface area contributed by atoms with Gasteiger partial charge in [0, 0.05) is 18.2 Å². The van der Waals surface area contributed by atoms with Gasteiger partial charge in [0.05, 0.1) is 5.02 Å². The fraction of sp³-hybridized carbons (Fsp3) is 0.417. The zero-order valence-corrected chi connectivity index (χ0v) is 10.1. The van der Waals surface area contributed by atoms with Gasteiger partial charge in [-0.25, -0.2) is 0 Å². The SMILES string of the molecule is O=C(CC1CCCN1)Nc1ccc(O)c(Cl)c1. The summed E-state index contributed by atoms with van der Waals surface area (Å²) in [6.07, 6.45) is 2.64. The fourth-order valence-electron chi connectivity index (χ4n) is 1.95. The van der Waals surface area contributed by atoms with Crippen molar-refractivity contribution >= 4 is 23.2 Å². The zero-order valence-electron chi connectivity index (χ0n) is 9.37. The van der Waals surface area contributed by atoms with E-state index in [4.69, 9.17) is 11.6 Å². The number of halogens is 1. The quantitative estimate of drug-likeness (QED) is 0.724. The average Bonchev–Trinajstić information content (AvgIpc) is 2.76. The number of hydrogen-bond acceptors (Lipinski definition) is 3. The highest BCUT2D eigenvalue weighted by Crippen LogP contribution is 2.26. The van der Waals surface area contributed by atoms with Crippen LogP contribution in [0.2, 0.25) is 5.02 Å². The van der Waals surface area contributed by atoms with Crippen molar-refractivity contribution in [3.63, 3.8) is 0 Å². The Morgan fingerprint density at radius 3 is 3.06 bits per heavy atom. The van der Waals surface area contributed by atoms with Gasteiger partial charge in [0.25, 0.3) is 0 Å². The number of carbonyl (C=O) groups excluding carboxylic acids is 1. The Morgan fingerprint density at radius 1 is 1.59 bits per heavy atom. The van der Waals surface area contributed by atoms with Crippen LogP contribution >= 0.6 is 11.6 Å². The molecule has 92 valence electrons. The maximum Gasteiger partial charge on any atom is 0.225 e. The standard InChI is InChI=1S/C12H15ClN2O2/c13-10-6-9(3-4-11(10)16)15-12(17)7-8-2-1-5-14-8/h3-4,6,8,14,16H,1-2,5,7H2,(H,15,17). The van der Waals surface area contributed by atoms with Crippen LogP contribution in [0.3, 0.4) is 0 Å². The molecule has 1 aromatic carbocycles.